The molecule has 2 rings (SSSR count). The number of hydrogen-bond acceptors (Lipinski definition) is 3. The van der Waals surface area contributed by atoms with Crippen LogP contribution in [0.4, 0.5) is 0 Å². The number of carboxylic acids is 1. The minimum absolute atomic E-state index is 0.0821. The molecule has 18 heavy (non-hydrogen) atoms. The summed E-state index contributed by atoms with van der Waals surface area (Å²) < 4.78 is 0. The zero-order valence-electron chi connectivity index (χ0n) is 10.8. The number of aliphatic carboxylic acids is 1. The molecular weight excluding hydrogens is 250 g/mol. The van der Waals surface area contributed by atoms with Gasteiger partial charge in [0.2, 0.25) is 5.91 Å². The number of nitrogens with zero attached hydrogens (tertiary/aromatic N) is 1. The molecule has 1 unspecified atom stereocenters. The molecule has 0 aromatic rings. The Morgan fingerprint density at radius 1 is 1.33 bits per heavy atom. The molecule has 1 aliphatic heterocycles. The highest BCUT2D eigenvalue weighted by Crippen LogP contribution is 2.34. The second kappa shape index (κ2) is 5.95. The average molecular weight is 271 g/mol. The molecule has 0 aromatic heterocycles. The van der Waals surface area contributed by atoms with Crippen molar-refractivity contribution in [3.05, 3.63) is 0 Å². The molecule has 4 nitrogen and oxygen atoms in total. The Morgan fingerprint density at radius 3 is 2.72 bits per heavy atom. The van der Waals surface area contributed by atoms with Crippen LogP contribution in [-0.2, 0) is 9.59 Å². The van der Waals surface area contributed by atoms with Gasteiger partial charge in [-0.2, -0.15) is 11.8 Å². The first-order chi connectivity index (χ1) is 8.63. The maximum atomic E-state index is 12.4. The molecule has 1 heterocycles. The molecule has 1 amide bonds. The molecule has 0 spiro atoms. The normalized spacial score (nSPS) is 32.5. The smallest absolute Gasteiger partial charge is 0.307 e. The van der Waals surface area contributed by atoms with Gasteiger partial charge in [-0.25, -0.2) is 0 Å². The largest absolute Gasteiger partial charge is 0.481 e. The van der Waals surface area contributed by atoms with Crippen LogP contribution < -0.4 is 0 Å². The average Bonchev–Trinajstić information content (AvgIpc) is 2.87. The van der Waals surface area contributed by atoms with E-state index >= 15 is 0 Å². The van der Waals surface area contributed by atoms with Crippen molar-refractivity contribution < 1.29 is 14.7 Å². The minimum atomic E-state index is -0.802. The molecule has 2 aliphatic rings. The summed E-state index contributed by atoms with van der Waals surface area (Å²) in [7, 11) is 0. The van der Waals surface area contributed by atoms with Gasteiger partial charge in [-0.05, 0) is 19.3 Å². The van der Waals surface area contributed by atoms with E-state index in [1.54, 1.807) is 0 Å². The van der Waals surface area contributed by atoms with Gasteiger partial charge in [0.05, 0.1) is 11.8 Å². The molecule has 0 radical (unpaired) electrons. The van der Waals surface area contributed by atoms with E-state index in [-0.39, 0.29) is 11.8 Å². The maximum Gasteiger partial charge on any atom is 0.307 e. The molecular formula is C13H21NO3S. The number of thioether (sulfide) groups is 1. The van der Waals surface area contributed by atoms with Crippen molar-refractivity contribution in [3.8, 4) is 0 Å². The third-order valence-corrected chi connectivity index (χ3v) is 5.43. The van der Waals surface area contributed by atoms with Crippen LogP contribution in [0.25, 0.3) is 0 Å². The van der Waals surface area contributed by atoms with Crippen molar-refractivity contribution in [1.29, 1.82) is 0 Å². The van der Waals surface area contributed by atoms with Crippen LogP contribution in [0.5, 0.6) is 0 Å². The number of carbonyl (C=O) groups excluding carboxylic acids is 1. The van der Waals surface area contributed by atoms with Gasteiger partial charge in [0.1, 0.15) is 0 Å². The topological polar surface area (TPSA) is 57.6 Å². The van der Waals surface area contributed by atoms with E-state index in [0.29, 0.717) is 11.7 Å². The molecule has 0 bridgehead atoms. The Kier molecular flexibility index (Phi) is 4.54. The van der Waals surface area contributed by atoms with Crippen LogP contribution in [0, 0.1) is 11.8 Å². The third kappa shape index (κ3) is 2.82. The van der Waals surface area contributed by atoms with Crippen LogP contribution in [0.1, 0.15) is 32.6 Å². The maximum absolute atomic E-state index is 12.4. The molecule has 2 fully saturated rings. The van der Waals surface area contributed by atoms with Crippen molar-refractivity contribution in [2.45, 2.75) is 37.9 Å². The monoisotopic (exact) mass is 271 g/mol. The second-order valence-corrected chi connectivity index (χ2v) is 6.58. The lowest BCUT2D eigenvalue weighted by molar-refractivity contribution is -0.149. The lowest BCUT2D eigenvalue weighted by Crippen LogP contribution is -2.46. The predicted octanol–water partition coefficient (Wildman–Crippen LogP) is 1.84. The van der Waals surface area contributed by atoms with Gasteiger partial charge >= 0.3 is 5.97 Å². The van der Waals surface area contributed by atoms with Crippen molar-refractivity contribution in [2.75, 3.05) is 18.8 Å². The molecule has 0 aromatic carbocycles. The third-order valence-electron chi connectivity index (χ3n) is 4.06. The van der Waals surface area contributed by atoms with Crippen molar-refractivity contribution in [1.82, 2.24) is 4.90 Å². The van der Waals surface area contributed by atoms with Gasteiger partial charge in [-0.15, -0.1) is 0 Å². The Hall–Kier alpha value is -0.710. The number of carbonyl (C=O) groups is 2. The van der Waals surface area contributed by atoms with Gasteiger partial charge in [-0.3, -0.25) is 9.59 Å². The standard InChI is InChI=1S/C13H21NO3S/c1-2-9-8-14(6-7-18-9)12(15)10-4-3-5-11(10)13(16)17/h9-11H,2-8H2,1H3,(H,16,17)/t9?,10-,11+/m1/s1. The van der Waals surface area contributed by atoms with E-state index in [2.05, 4.69) is 6.92 Å². The second-order valence-electron chi connectivity index (χ2n) is 5.17. The number of hydrogen-bond donors (Lipinski definition) is 1. The van der Waals surface area contributed by atoms with E-state index in [4.69, 9.17) is 5.11 Å². The lowest BCUT2D eigenvalue weighted by Gasteiger charge is -2.34. The first-order valence-electron chi connectivity index (χ1n) is 6.76. The SMILES string of the molecule is CCC1CN(C(=O)[C@@H]2CCC[C@@H]2C(=O)O)CCS1. The zero-order valence-corrected chi connectivity index (χ0v) is 11.6. The number of carboxylic acid groups (broad SMARTS) is 1. The highest BCUT2D eigenvalue weighted by Gasteiger charge is 2.40. The molecule has 102 valence electrons. The Bertz CT molecular complexity index is 334. The minimum Gasteiger partial charge on any atom is -0.481 e. The summed E-state index contributed by atoms with van der Waals surface area (Å²) in [6.07, 6.45) is 3.34. The molecule has 5 heteroatoms. The van der Waals surface area contributed by atoms with Gasteiger partial charge in [0, 0.05) is 24.1 Å². The van der Waals surface area contributed by atoms with Crippen LogP contribution in [-0.4, -0.2) is 46.0 Å². The highest BCUT2D eigenvalue weighted by atomic mass is 32.2. The Morgan fingerprint density at radius 2 is 2.06 bits per heavy atom. The van der Waals surface area contributed by atoms with Gasteiger partial charge in [0.25, 0.3) is 0 Å². The number of rotatable bonds is 3. The summed E-state index contributed by atoms with van der Waals surface area (Å²) >= 11 is 1.92. The fourth-order valence-corrected chi connectivity index (χ4v) is 4.13. The summed E-state index contributed by atoms with van der Waals surface area (Å²) in [5.41, 5.74) is 0. The molecule has 1 saturated heterocycles. The molecule has 3 atom stereocenters. The Labute approximate surface area is 112 Å². The van der Waals surface area contributed by atoms with E-state index in [0.717, 1.165) is 38.1 Å². The quantitative estimate of drug-likeness (QED) is 0.851. The van der Waals surface area contributed by atoms with Crippen molar-refractivity contribution >= 4 is 23.6 Å². The summed E-state index contributed by atoms with van der Waals surface area (Å²) in [4.78, 5) is 25.5. The molecule has 1 N–H and O–H groups in total. The lowest BCUT2D eigenvalue weighted by atomic mass is 9.94. The van der Waals surface area contributed by atoms with E-state index < -0.39 is 11.9 Å². The van der Waals surface area contributed by atoms with Crippen LogP contribution >= 0.6 is 11.8 Å². The molecule has 1 aliphatic carbocycles. The summed E-state index contributed by atoms with van der Waals surface area (Å²) in [5, 5.41) is 9.67. The number of amides is 1. The van der Waals surface area contributed by atoms with E-state index in [1.165, 1.54) is 0 Å². The van der Waals surface area contributed by atoms with Gasteiger partial charge in [0.15, 0.2) is 0 Å². The van der Waals surface area contributed by atoms with Gasteiger partial charge in [-0.1, -0.05) is 13.3 Å². The Balaban J connectivity index is 1.99. The first-order valence-corrected chi connectivity index (χ1v) is 7.81. The summed E-state index contributed by atoms with van der Waals surface area (Å²) in [6.45, 7) is 3.72. The summed E-state index contributed by atoms with van der Waals surface area (Å²) in [5.74, 6) is -0.465. The van der Waals surface area contributed by atoms with Crippen molar-refractivity contribution in [2.24, 2.45) is 11.8 Å². The van der Waals surface area contributed by atoms with Crippen molar-refractivity contribution in [3.63, 3.8) is 0 Å². The van der Waals surface area contributed by atoms with Gasteiger partial charge < -0.3 is 10.0 Å². The van der Waals surface area contributed by atoms with E-state index in [1.807, 2.05) is 16.7 Å². The zero-order chi connectivity index (χ0) is 13.1. The fourth-order valence-electron chi connectivity index (χ4n) is 2.95. The predicted molar refractivity (Wildman–Crippen MR) is 71.6 cm³/mol. The molecule has 1 saturated carbocycles. The summed E-state index contributed by atoms with van der Waals surface area (Å²) in [6, 6.07) is 0. The highest BCUT2D eigenvalue weighted by molar-refractivity contribution is 8.00. The van der Waals surface area contributed by atoms with Crippen LogP contribution in [0.3, 0.4) is 0 Å². The van der Waals surface area contributed by atoms with Crippen LogP contribution in [0.15, 0.2) is 0 Å². The first kappa shape index (κ1) is 13.7. The van der Waals surface area contributed by atoms with E-state index in [9.17, 15) is 9.59 Å². The fraction of sp³-hybridized carbons (Fsp3) is 0.846. The van der Waals surface area contributed by atoms with Crippen LogP contribution in [0.2, 0.25) is 0 Å².